The normalized spacial score (nSPS) is 17.0. The van der Waals surface area contributed by atoms with Crippen molar-refractivity contribution in [3.05, 3.63) is 34.0 Å². The number of carbonyl (C=O) groups is 1. The molecule has 1 N–H and O–H groups in total. The molecule has 0 saturated carbocycles. The van der Waals surface area contributed by atoms with Gasteiger partial charge in [-0.1, -0.05) is 12.8 Å². The highest BCUT2D eigenvalue weighted by Crippen LogP contribution is 2.40. The third-order valence-corrected chi connectivity index (χ3v) is 6.12. The second-order valence-corrected chi connectivity index (χ2v) is 8.17. The summed E-state index contributed by atoms with van der Waals surface area (Å²) in [5, 5.41) is 3.02. The van der Waals surface area contributed by atoms with E-state index in [0.29, 0.717) is 22.9 Å². The standard InChI is InChI=1S/C21H28N2O4S/c1-14-9-10-19(28-14)16-8-6-5-7-11-23(16)21(24)22-15-12-17(25-2)20(27-4)18(13-15)26-3/h9-10,12-13,16H,5-8,11H2,1-4H3,(H,22,24)/t16-/m0/s1. The van der Waals surface area contributed by atoms with E-state index < -0.39 is 0 Å². The molecule has 1 saturated heterocycles. The van der Waals surface area contributed by atoms with Crippen molar-refractivity contribution in [3.8, 4) is 17.2 Å². The molecule has 0 bridgehead atoms. The lowest BCUT2D eigenvalue weighted by molar-refractivity contribution is 0.190. The van der Waals surface area contributed by atoms with Gasteiger partial charge in [0.2, 0.25) is 5.75 Å². The maximum absolute atomic E-state index is 13.2. The van der Waals surface area contributed by atoms with Crippen LogP contribution in [0.15, 0.2) is 24.3 Å². The van der Waals surface area contributed by atoms with Crippen molar-refractivity contribution in [1.29, 1.82) is 0 Å². The van der Waals surface area contributed by atoms with Crippen LogP contribution in [0.2, 0.25) is 0 Å². The Kier molecular flexibility index (Phi) is 6.67. The van der Waals surface area contributed by atoms with E-state index in [-0.39, 0.29) is 12.1 Å². The third-order valence-electron chi connectivity index (χ3n) is 5.02. The van der Waals surface area contributed by atoms with Crippen LogP contribution in [-0.2, 0) is 0 Å². The number of hydrogen-bond donors (Lipinski definition) is 1. The molecule has 0 spiro atoms. The van der Waals surface area contributed by atoms with Crippen molar-refractivity contribution >= 4 is 23.1 Å². The van der Waals surface area contributed by atoms with Crippen molar-refractivity contribution in [1.82, 2.24) is 4.90 Å². The van der Waals surface area contributed by atoms with Crippen molar-refractivity contribution in [2.24, 2.45) is 0 Å². The quantitative estimate of drug-likeness (QED) is 0.741. The van der Waals surface area contributed by atoms with Gasteiger partial charge in [0, 0.05) is 28.4 Å². The van der Waals surface area contributed by atoms with E-state index in [1.54, 1.807) is 44.8 Å². The van der Waals surface area contributed by atoms with Crippen molar-refractivity contribution in [2.45, 2.75) is 38.6 Å². The Bertz CT molecular complexity index is 795. The molecule has 1 aromatic carbocycles. The van der Waals surface area contributed by atoms with E-state index in [4.69, 9.17) is 14.2 Å². The molecule has 2 aromatic rings. The molecule has 0 unspecified atom stereocenters. The van der Waals surface area contributed by atoms with E-state index in [2.05, 4.69) is 24.4 Å². The Morgan fingerprint density at radius 1 is 1.07 bits per heavy atom. The number of benzene rings is 1. The molecule has 2 heterocycles. The molecular formula is C21H28N2O4S. The summed E-state index contributed by atoms with van der Waals surface area (Å²) in [4.78, 5) is 17.6. The second-order valence-electron chi connectivity index (χ2n) is 6.85. The minimum Gasteiger partial charge on any atom is -0.493 e. The van der Waals surface area contributed by atoms with E-state index >= 15 is 0 Å². The Labute approximate surface area is 170 Å². The zero-order valence-corrected chi connectivity index (χ0v) is 17.7. The lowest BCUT2D eigenvalue weighted by Crippen LogP contribution is -2.37. The summed E-state index contributed by atoms with van der Waals surface area (Å²) in [5.74, 6) is 1.53. The monoisotopic (exact) mass is 404 g/mol. The summed E-state index contributed by atoms with van der Waals surface area (Å²) in [5.41, 5.74) is 0.616. The first kappa shape index (κ1) is 20.3. The number of carbonyl (C=O) groups excluding carboxylic acids is 1. The predicted molar refractivity (Wildman–Crippen MR) is 112 cm³/mol. The first-order valence-electron chi connectivity index (χ1n) is 9.51. The average molecular weight is 405 g/mol. The minimum absolute atomic E-state index is 0.104. The summed E-state index contributed by atoms with van der Waals surface area (Å²) in [7, 11) is 4.68. The fourth-order valence-corrected chi connectivity index (χ4v) is 4.65. The first-order valence-corrected chi connectivity index (χ1v) is 10.3. The molecule has 1 atom stereocenters. The maximum atomic E-state index is 13.2. The van der Waals surface area contributed by atoms with Crippen LogP contribution >= 0.6 is 11.3 Å². The van der Waals surface area contributed by atoms with E-state index in [0.717, 1.165) is 32.2 Å². The number of nitrogens with zero attached hydrogens (tertiary/aromatic N) is 1. The summed E-state index contributed by atoms with van der Waals surface area (Å²) in [6.45, 7) is 2.85. The molecule has 3 rings (SSSR count). The van der Waals surface area contributed by atoms with Crippen LogP contribution in [0.3, 0.4) is 0 Å². The Hall–Kier alpha value is -2.41. The van der Waals surface area contributed by atoms with Gasteiger partial charge >= 0.3 is 6.03 Å². The van der Waals surface area contributed by atoms with Crippen LogP contribution in [-0.4, -0.2) is 38.8 Å². The van der Waals surface area contributed by atoms with Gasteiger partial charge in [-0.2, -0.15) is 0 Å². The second kappa shape index (κ2) is 9.19. The highest BCUT2D eigenvalue weighted by atomic mass is 32.1. The van der Waals surface area contributed by atoms with Gasteiger partial charge in [-0.25, -0.2) is 4.79 Å². The van der Waals surface area contributed by atoms with E-state index in [1.165, 1.54) is 9.75 Å². The molecule has 1 fully saturated rings. The molecule has 1 aliphatic heterocycles. The van der Waals surface area contributed by atoms with Crippen molar-refractivity contribution in [2.75, 3.05) is 33.2 Å². The van der Waals surface area contributed by atoms with E-state index in [1.807, 2.05) is 4.90 Å². The molecule has 1 aliphatic rings. The van der Waals surface area contributed by atoms with Gasteiger partial charge in [0.15, 0.2) is 11.5 Å². The number of nitrogens with one attached hydrogen (secondary N) is 1. The lowest BCUT2D eigenvalue weighted by Gasteiger charge is -2.29. The number of rotatable bonds is 5. The van der Waals surface area contributed by atoms with Gasteiger partial charge in [-0.3, -0.25) is 0 Å². The van der Waals surface area contributed by atoms with E-state index in [9.17, 15) is 4.79 Å². The summed E-state index contributed by atoms with van der Waals surface area (Å²) >= 11 is 1.77. The molecule has 28 heavy (non-hydrogen) atoms. The van der Waals surface area contributed by atoms with Gasteiger partial charge in [-0.05, 0) is 31.9 Å². The third kappa shape index (κ3) is 4.35. The number of anilines is 1. The van der Waals surface area contributed by atoms with Gasteiger partial charge in [0.1, 0.15) is 0 Å². The molecule has 2 amide bonds. The Balaban J connectivity index is 1.85. The zero-order chi connectivity index (χ0) is 20.1. The number of aryl methyl sites for hydroxylation is 1. The van der Waals surface area contributed by atoms with Gasteiger partial charge < -0.3 is 24.4 Å². The van der Waals surface area contributed by atoms with Crippen LogP contribution in [0, 0.1) is 6.92 Å². The van der Waals surface area contributed by atoms with Crippen LogP contribution in [0.25, 0.3) is 0 Å². The predicted octanol–water partition coefficient (Wildman–Crippen LogP) is 5.23. The minimum atomic E-state index is -0.104. The van der Waals surface area contributed by atoms with Gasteiger partial charge in [0.05, 0.1) is 33.1 Å². The van der Waals surface area contributed by atoms with Gasteiger partial charge in [0.25, 0.3) is 0 Å². The van der Waals surface area contributed by atoms with Crippen LogP contribution < -0.4 is 19.5 Å². The Morgan fingerprint density at radius 2 is 1.79 bits per heavy atom. The van der Waals surface area contributed by atoms with Crippen molar-refractivity contribution < 1.29 is 19.0 Å². The SMILES string of the molecule is COc1cc(NC(=O)N2CCCCC[C@H]2c2ccc(C)s2)cc(OC)c1OC. The fraction of sp³-hybridized carbons (Fsp3) is 0.476. The zero-order valence-electron chi connectivity index (χ0n) is 16.9. The molecular weight excluding hydrogens is 376 g/mol. The van der Waals surface area contributed by atoms with Crippen molar-refractivity contribution in [3.63, 3.8) is 0 Å². The van der Waals surface area contributed by atoms with Crippen LogP contribution in [0.1, 0.15) is 41.5 Å². The number of methoxy groups -OCH3 is 3. The molecule has 1 aromatic heterocycles. The number of hydrogen-bond acceptors (Lipinski definition) is 5. The maximum Gasteiger partial charge on any atom is 0.322 e. The first-order chi connectivity index (χ1) is 13.6. The van der Waals surface area contributed by atoms with Gasteiger partial charge in [-0.15, -0.1) is 11.3 Å². The number of likely N-dealkylation sites (tertiary alicyclic amines) is 1. The number of urea groups is 1. The molecule has 0 radical (unpaired) electrons. The summed E-state index contributed by atoms with van der Waals surface area (Å²) in [6, 6.07) is 7.79. The van der Waals surface area contributed by atoms with Crippen LogP contribution in [0.4, 0.5) is 10.5 Å². The Morgan fingerprint density at radius 3 is 2.36 bits per heavy atom. The molecule has 7 heteroatoms. The molecule has 0 aliphatic carbocycles. The number of thiophene rings is 1. The summed E-state index contributed by atoms with van der Waals surface area (Å²) in [6.07, 6.45) is 4.29. The lowest BCUT2D eigenvalue weighted by atomic mass is 10.1. The number of ether oxygens (including phenoxy) is 3. The molecule has 6 nitrogen and oxygen atoms in total. The number of amides is 2. The smallest absolute Gasteiger partial charge is 0.322 e. The van der Waals surface area contributed by atoms with Crippen LogP contribution in [0.5, 0.6) is 17.2 Å². The fourth-order valence-electron chi connectivity index (χ4n) is 3.63. The summed E-state index contributed by atoms with van der Waals surface area (Å²) < 4.78 is 16.1. The highest BCUT2D eigenvalue weighted by Gasteiger charge is 2.28. The highest BCUT2D eigenvalue weighted by molar-refractivity contribution is 7.12. The average Bonchev–Trinajstić information content (AvgIpc) is 2.98. The topological polar surface area (TPSA) is 60.0 Å². The molecule has 152 valence electrons. The largest absolute Gasteiger partial charge is 0.493 e.